The molecule has 0 saturated carbocycles. The highest BCUT2D eigenvalue weighted by Gasteiger charge is 2.40. The van der Waals surface area contributed by atoms with Crippen LogP contribution in [-0.2, 0) is 0 Å². The van der Waals surface area contributed by atoms with Crippen molar-refractivity contribution in [2.24, 2.45) is 5.92 Å². The SMILES string of the molecule is CC1CN(CC(O)C(F)(F)F)CCC1O. The Labute approximate surface area is 86.5 Å². The molecule has 0 aromatic carbocycles. The fourth-order valence-electron chi connectivity index (χ4n) is 1.73. The summed E-state index contributed by atoms with van der Waals surface area (Å²) in [5, 5.41) is 18.2. The molecule has 1 aliphatic rings. The van der Waals surface area contributed by atoms with E-state index in [1.165, 1.54) is 4.90 Å². The Morgan fingerprint density at radius 1 is 1.47 bits per heavy atom. The highest BCUT2D eigenvalue weighted by molar-refractivity contribution is 4.80. The second-order valence-corrected chi connectivity index (χ2v) is 4.15. The maximum atomic E-state index is 12.1. The number of β-amino-alcohol motifs (C(OH)–C–C–N with tert-alkyl or cyclic N) is 1. The molecule has 2 N–H and O–H groups in total. The van der Waals surface area contributed by atoms with Gasteiger partial charge in [0.1, 0.15) is 0 Å². The van der Waals surface area contributed by atoms with E-state index in [1.54, 1.807) is 6.92 Å². The summed E-state index contributed by atoms with van der Waals surface area (Å²) in [6.45, 7) is 2.18. The Morgan fingerprint density at radius 2 is 2.07 bits per heavy atom. The average molecular weight is 227 g/mol. The van der Waals surface area contributed by atoms with Gasteiger partial charge >= 0.3 is 6.18 Å². The standard InChI is InChI=1S/C9H16F3NO2/c1-6-4-13(3-2-7(6)14)5-8(15)9(10,11)12/h6-8,14-15H,2-5H2,1H3. The molecule has 0 aromatic heterocycles. The van der Waals surface area contributed by atoms with Gasteiger partial charge < -0.3 is 10.2 Å². The molecule has 0 aliphatic carbocycles. The fourth-order valence-corrected chi connectivity index (χ4v) is 1.73. The molecule has 15 heavy (non-hydrogen) atoms. The van der Waals surface area contributed by atoms with Crippen molar-refractivity contribution in [2.45, 2.75) is 31.7 Å². The number of piperidine rings is 1. The lowest BCUT2D eigenvalue weighted by molar-refractivity contribution is -0.209. The van der Waals surface area contributed by atoms with Crippen LogP contribution in [0.4, 0.5) is 13.2 Å². The van der Waals surface area contributed by atoms with E-state index in [0.717, 1.165) is 0 Å². The Balaban J connectivity index is 2.40. The van der Waals surface area contributed by atoms with Crippen LogP contribution in [0.5, 0.6) is 0 Å². The first kappa shape index (κ1) is 12.7. The molecule has 0 spiro atoms. The topological polar surface area (TPSA) is 43.7 Å². The van der Waals surface area contributed by atoms with Gasteiger partial charge in [-0.3, -0.25) is 4.90 Å². The van der Waals surface area contributed by atoms with Crippen molar-refractivity contribution in [3.63, 3.8) is 0 Å². The van der Waals surface area contributed by atoms with Crippen molar-refractivity contribution in [2.75, 3.05) is 19.6 Å². The Hall–Kier alpha value is -0.330. The Bertz CT molecular complexity index is 210. The summed E-state index contributed by atoms with van der Waals surface area (Å²) >= 11 is 0. The van der Waals surface area contributed by atoms with Crippen LogP contribution in [0.3, 0.4) is 0 Å². The smallest absolute Gasteiger partial charge is 0.393 e. The summed E-state index contributed by atoms with van der Waals surface area (Å²) in [6, 6.07) is 0. The van der Waals surface area contributed by atoms with E-state index in [4.69, 9.17) is 5.11 Å². The normalized spacial score (nSPS) is 31.6. The van der Waals surface area contributed by atoms with Crippen LogP contribution in [0, 0.1) is 5.92 Å². The van der Waals surface area contributed by atoms with Gasteiger partial charge in [0.05, 0.1) is 6.10 Å². The zero-order chi connectivity index (χ0) is 11.6. The van der Waals surface area contributed by atoms with E-state index in [1.807, 2.05) is 0 Å². The third kappa shape index (κ3) is 3.62. The molecule has 1 heterocycles. The van der Waals surface area contributed by atoms with Crippen LogP contribution >= 0.6 is 0 Å². The minimum atomic E-state index is -4.56. The van der Waals surface area contributed by atoms with Crippen molar-refractivity contribution < 1.29 is 23.4 Å². The maximum Gasteiger partial charge on any atom is 0.415 e. The van der Waals surface area contributed by atoms with E-state index in [2.05, 4.69) is 0 Å². The Kier molecular flexibility index (Phi) is 3.97. The van der Waals surface area contributed by atoms with E-state index in [9.17, 15) is 18.3 Å². The Morgan fingerprint density at radius 3 is 2.53 bits per heavy atom. The first-order valence-corrected chi connectivity index (χ1v) is 4.96. The first-order chi connectivity index (χ1) is 6.80. The molecule has 0 aromatic rings. The third-order valence-electron chi connectivity index (χ3n) is 2.75. The van der Waals surface area contributed by atoms with Gasteiger partial charge in [-0.2, -0.15) is 13.2 Å². The molecule has 1 fully saturated rings. The lowest BCUT2D eigenvalue weighted by Crippen LogP contribution is -2.48. The van der Waals surface area contributed by atoms with Crippen LogP contribution in [0.25, 0.3) is 0 Å². The molecule has 0 bridgehead atoms. The van der Waals surface area contributed by atoms with Crippen molar-refractivity contribution >= 4 is 0 Å². The van der Waals surface area contributed by atoms with E-state index in [0.29, 0.717) is 19.5 Å². The lowest BCUT2D eigenvalue weighted by atomic mass is 9.96. The zero-order valence-electron chi connectivity index (χ0n) is 8.54. The van der Waals surface area contributed by atoms with Gasteiger partial charge in [0, 0.05) is 19.6 Å². The van der Waals surface area contributed by atoms with Gasteiger partial charge in [-0.25, -0.2) is 0 Å². The molecule has 1 aliphatic heterocycles. The van der Waals surface area contributed by atoms with Crippen molar-refractivity contribution in [3.8, 4) is 0 Å². The maximum absolute atomic E-state index is 12.1. The van der Waals surface area contributed by atoms with Gasteiger partial charge in [0.15, 0.2) is 6.10 Å². The lowest BCUT2D eigenvalue weighted by Gasteiger charge is -2.35. The molecule has 1 saturated heterocycles. The van der Waals surface area contributed by atoms with Gasteiger partial charge in [-0.15, -0.1) is 0 Å². The van der Waals surface area contributed by atoms with Crippen LogP contribution in [0.2, 0.25) is 0 Å². The highest BCUT2D eigenvalue weighted by Crippen LogP contribution is 2.23. The summed E-state index contributed by atoms with van der Waals surface area (Å²) in [5.41, 5.74) is 0. The number of aliphatic hydroxyl groups excluding tert-OH is 2. The monoisotopic (exact) mass is 227 g/mol. The molecule has 0 amide bonds. The molecule has 90 valence electrons. The van der Waals surface area contributed by atoms with Crippen LogP contribution < -0.4 is 0 Å². The molecular formula is C9H16F3NO2. The second-order valence-electron chi connectivity index (χ2n) is 4.15. The number of rotatable bonds is 2. The summed E-state index contributed by atoms with van der Waals surface area (Å²) in [5.74, 6) is -0.0424. The number of likely N-dealkylation sites (tertiary alicyclic amines) is 1. The molecule has 0 radical (unpaired) electrons. The summed E-state index contributed by atoms with van der Waals surface area (Å²) in [7, 11) is 0. The molecular weight excluding hydrogens is 211 g/mol. The number of aliphatic hydroxyl groups is 2. The van der Waals surface area contributed by atoms with Crippen molar-refractivity contribution in [1.82, 2.24) is 4.90 Å². The molecule has 6 heteroatoms. The number of hydrogen-bond donors (Lipinski definition) is 2. The van der Waals surface area contributed by atoms with Gasteiger partial charge in [0.25, 0.3) is 0 Å². The summed E-state index contributed by atoms with van der Waals surface area (Å²) in [6.07, 6.45) is -6.82. The van der Waals surface area contributed by atoms with Crippen molar-refractivity contribution in [3.05, 3.63) is 0 Å². The van der Waals surface area contributed by atoms with E-state index >= 15 is 0 Å². The van der Waals surface area contributed by atoms with Crippen LogP contribution in [-0.4, -0.2) is 53.1 Å². The molecule has 3 unspecified atom stereocenters. The number of hydrogen-bond acceptors (Lipinski definition) is 3. The van der Waals surface area contributed by atoms with Crippen molar-refractivity contribution in [1.29, 1.82) is 0 Å². The zero-order valence-corrected chi connectivity index (χ0v) is 8.54. The predicted octanol–water partition coefficient (Wildman–Crippen LogP) is 0.612. The summed E-state index contributed by atoms with van der Waals surface area (Å²) in [4.78, 5) is 1.54. The minimum Gasteiger partial charge on any atom is -0.393 e. The van der Waals surface area contributed by atoms with Gasteiger partial charge in [-0.1, -0.05) is 6.92 Å². The molecule has 1 rings (SSSR count). The molecule has 3 nitrogen and oxygen atoms in total. The quantitative estimate of drug-likeness (QED) is 0.726. The van der Waals surface area contributed by atoms with Crippen LogP contribution in [0.15, 0.2) is 0 Å². The fraction of sp³-hybridized carbons (Fsp3) is 1.00. The number of nitrogens with zero attached hydrogens (tertiary/aromatic N) is 1. The first-order valence-electron chi connectivity index (χ1n) is 4.96. The summed E-state index contributed by atoms with van der Waals surface area (Å²) < 4.78 is 36.2. The van der Waals surface area contributed by atoms with Gasteiger partial charge in [-0.05, 0) is 12.3 Å². The second kappa shape index (κ2) is 4.67. The van der Waals surface area contributed by atoms with Crippen LogP contribution in [0.1, 0.15) is 13.3 Å². The average Bonchev–Trinajstić information content (AvgIpc) is 2.10. The minimum absolute atomic E-state index is 0.0424. The number of alkyl halides is 3. The third-order valence-corrected chi connectivity index (χ3v) is 2.75. The number of halogens is 3. The van der Waals surface area contributed by atoms with E-state index in [-0.39, 0.29) is 5.92 Å². The van der Waals surface area contributed by atoms with Gasteiger partial charge in [0.2, 0.25) is 0 Å². The largest absolute Gasteiger partial charge is 0.415 e. The predicted molar refractivity (Wildman–Crippen MR) is 48.3 cm³/mol. The highest BCUT2D eigenvalue weighted by atomic mass is 19.4. The van der Waals surface area contributed by atoms with E-state index < -0.39 is 24.9 Å². The molecule has 3 atom stereocenters.